The zero-order valence-corrected chi connectivity index (χ0v) is 18.8. The molecule has 176 valence electrons. The average molecular weight is 464 g/mol. The molecule has 0 unspecified atom stereocenters. The number of ether oxygens (including phenoxy) is 2. The number of aryl methyl sites for hydroxylation is 1. The molecule has 1 aromatic heterocycles. The first-order chi connectivity index (χ1) is 16.5. The molecule has 2 heterocycles. The zero-order valence-electron chi connectivity index (χ0n) is 18.8. The Balaban J connectivity index is 1.36. The third-order valence-corrected chi connectivity index (χ3v) is 5.95. The molecule has 0 N–H and O–H groups in total. The van der Waals surface area contributed by atoms with Gasteiger partial charge in [0, 0.05) is 18.2 Å². The van der Waals surface area contributed by atoms with Crippen molar-refractivity contribution < 1.29 is 27.9 Å². The summed E-state index contributed by atoms with van der Waals surface area (Å²) in [6.07, 6.45) is 1.69. The van der Waals surface area contributed by atoms with E-state index < -0.39 is 5.82 Å². The molecular weight excluding hydrogens is 439 g/mol. The first-order valence-electron chi connectivity index (χ1n) is 11.2. The normalized spacial score (nSPS) is 14.2. The molecule has 0 saturated heterocycles. The lowest BCUT2D eigenvalue weighted by molar-refractivity contribution is -0.133. The lowest BCUT2D eigenvalue weighted by atomic mass is 10.1. The largest absolute Gasteiger partial charge is 0.464 e. The molecule has 34 heavy (non-hydrogen) atoms. The molecule has 0 spiro atoms. The van der Waals surface area contributed by atoms with Crippen molar-refractivity contribution >= 4 is 11.8 Å². The molecule has 5 rings (SSSR count). The molecule has 2 aromatic carbocycles. The van der Waals surface area contributed by atoms with E-state index in [0.29, 0.717) is 29.4 Å². The molecule has 2 amide bonds. The molecule has 0 atom stereocenters. The van der Waals surface area contributed by atoms with E-state index in [1.807, 2.05) is 37.3 Å². The van der Waals surface area contributed by atoms with Gasteiger partial charge in [-0.15, -0.1) is 0 Å². The Hall–Kier alpha value is -3.81. The summed E-state index contributed by atoms with van der Waals surface area (Å²) in [6.45, 7) is 2.55. The van der Waals surface area contributed by atoms with Crippen LogP contribution in [0.3, 0.4) is 0 Å². The summed E-state index contributed by atoms with van der Waals surface area (Å²) in [7, 11) is 0. The standard InChI is InChI=1S/C26H25FN2O5/c1-17-2-10-22(34-17)14-28(13-18-3-11-23-24(12-18)33-16-32-23)25(30)15-29(21-8-9-21)26(31)19-4-6-20(27)7-5-19/h2-7,10-12,21H,8-9,13-16H2,1H3. The predicted octanol–water partition coefficient (Wildman–Crippen LogP) is 4.29. The molecule has 8 heteroatoms. The van der Waals surface area contributed by atoms with E-state index >= 15 is 0 Å². The highest BCUT2D eigenvalue weighted by Crippen LogP contribution is 2.33. The number of furan rings is 1. The number of benzene rings is 2. The fourth-order valence-electron chi connectivity index (χ4n) is 4.01. The van der Waals surface area contributed by atoms with Gasteiger partial charge in [0.2, 0.25) is 12.7 Å². The number of hydrogen-bond acceptors (Lipinski definition) is 5. The molecule has 3 aromatic rings. The van der Waals surface area contributed by atoms with Crippen LogP contribution in [0.15, 0.2) is 59.0 Å². The van der Waals surface area contributed by atoms with Crippen LogP contribution in [0.5, 0.6) is 11.5 Å². The summed E-state index contributed by atoms with van der Waals surface area (Å²) in [4.78, 5) is 29.9. The SMILES string of the molecule is Cc1ccc(CN(Cc2ccc3c(c2)OCO3)C(=O)CN(C(=O)c2ccc(F)cc2)C2CC2)o1. The number of amides is 2. The highest BCUT2D eigenvalue weighted by atomic mass is 19.1. The van der Waals surface area contributed by atoms with Crippen LogP contribution in [0.1, 0.15) is 40.3 Å². The lowest BCUT2D eigenvalue weighted by Gasteiger charge is -2.27. The van der Waals surface area contributed by atoms with E-state index in [1.165, 1.54) is 24.3 Å². The first kappa shape index (κ1) is 22.0. The van der Waals surface area contributed by atoms with Crippen molar-refractivity contribution in [2.24, 2.45) is 0 Å². The molecule has 0 radical (unpaired) electrons. The Kier molecular flexibility index (Phi) is 5.96. The number of carbonyl (C=O) groups excluding carboxylic acids is 2. The molecule has 7 nitrogen and oxygen atoms in total. The van der Waals surface area contributed by atoms with Gasteiger partial charge in [-0.1, -0.05) is 6.07 Å². The zero-order chi connectivity index (χ0) is 23.7. The topological polar surface area (TPSA) is 72.2 Å². The Morgan fingerprint density at radius 2 is 1.74 bits per heavy atom. The van der Waals surface area contributed by atoms with Gasteiger partial charge < -0.3 is 23.7 Å². The molecular formula is C26H25FN2O5. The summed E-state index contributed by atoms with van der Waals surface area (Å²) >= 11 is 0. The van der Waals surface area contributed by atoms with Gasteiger partial charge in [-0.25, -0.2) is 4.39 Å². The van der Waals surface area contributed by atoms with Gasteiger partial charge in [0.25, 0.3) is 5.91 Å². The third-order valence-electron chi connectivity index (χ3n) is 5.95. The van der Waals surface area contributed by atoms with Gasteiger partial charge in [-0.2, -0.15) is 0 Å². The molecule has 1 saturated carbocycles. The van der Waals surface area contributed by atoms with Crippen LogP contribution in [-0.4, -0.2) is 41.0 Å². The van der Waals surface area contributed by atoms with Crippen molar-refractivity contribution in [1.29, 1.82) is 0 Å². The predicted molar refractivity (Wildman–Crippen MR) is 121 cm³/mol. The second-order valence-corrected chi connectivity index (χ2v) is 8.62. The summed E-state index contributed by atoms with van der Waals surface area (Å²) in [5.41, 5.74) is 1.24. The number of fused-ring (bicyclic) bond motifs is 1. The van der Waals surface area contributed by atoms with Crippen molar-refractivity contribution in [2.75, 3.05) is 13.3 Å². The number of halogens is 1. The molecule has 0 bridgehead atoms. The quantitative estimate of drug-likeness (QED) is 0.497. The highest BCUT2D eigenvalue weighted by molar-refractivity contribution is 5.97. The van der Waals surface area contributed by atoms with Crippen LogP contribution in [0.4, 0.5) is 4.39 Å². The van der Waals surface area contributed by atoms with E-state index in [2.05, 4.69) is 0 Å². The molecule has 1 aliphatic carbocycles. The van der Waals surface area contributed by atoms with Gasteiger partial charge >= 0.3 is 0 Å². The fraction of sp³-hybridized carbons (Fsp3) is 0.308. The fourth-order valence-corrected chi connectivity index (χ4v) is 4.01. The minimum absolute atomic E-state index is 0.0137. The van der Waals surface area contributed by atoms with Gasteiger partial charge in [0.05, 0.1) is 6.54 Å². The van der Waals surface area contributed by atoms with Gasteiger partial charge in [-0.3, -0.25) is 9.59 Å². The summed E-state index contributed by atoms with van der Waals surface area (Å²) in [6, 6.07) is 14.7. The Labute approximate surface area is 196 Å². The van der Waals surface area contributed by atoms with Crippen LogP contribution >= 0.6 is 0 Å². The van der Waals surface area contributed by atoms with Crippen molar-refractivity contribution in [3.05, 3.63) is 83.1 Å². The maximum atomic E-state index is 13.5. The van der Waals surface area contributed by atoms with Crippen LogP contribution in [0.2, 0.25) is 0 Å². The van der Waals surface area contributed by atoms with E-state index in [0.717, 1.165) is 24.2 Å². The van der Waals surface area contributed by atoms with E-state index in [1.54, 1.807) is 9.80 Å². The average Bonchev–Trinajstić information content (AvgIpc) is 3.42. The molecule has 1 fully saturated rings. The second-order valence-electron chi connectivity index (χ2n) is 8.62. The Bertz CT molecular complexity index is 1200. The minimum atomic E-state index is -0.408. The number of hydrogen-bond donors (Lipinski definition) is 0. The lowest BCUT2D eigenvalue weighted by Crippen LogP contribution is -2.43. The van der Waals surface area contributed by atoms with E-state index in [9.17, 15) is 14.0 Å². The Morgan fingerprint density at radius 1 is 0.971 bits per heavy atom. The monoisotopic (exact) mass is 464 g/mol. The van der Waals surface area contributed by atoms with Gasteiger partial charge in [0.1, 0.15) is 23.9 Å². The van der Waals surface area contributed by atoms with E-state index in [4.69, 9.17) is 13.9 Å². The van der Waals surface area contributed by atoms with Crippen LogP contribution in [0.25, 0.3) is 0 Å². The maximum absolute atomic E-state index is 13.5. The van der Waals surface area contributed by atoms with Crippen molar-refractivity contribution in [3.8, 4) is 11.5 Å². The maximum Gasteiger partial charge on any atom is 0.254 e. The molecule has 1 aliphatic heterocycles. The summed E-state index contributed by atoms with van der Waals surface area (Å²) < 4.78 is 29.9. The minimum Gasteiger partial charge on any atom is -0.464 e. The van der Waals surface area contributed by atoms with E-state index in [-0.39, 0.29) is 37.7 Å². The van der Waals surface area contributed by atoms with Crippen molar-refractivity contribution in [3.63, 3.8) is 0 Å². The first-order valence-corrected chi connectivity index (χ1v) is 11.2. The molecule has 2 aliphatic rings. The summed E-state index contributed by atoms with van der Waals surface area (Å²) in [5, 5.41) is 0. The van der Waals surface area contributed by atoms with Crippen LogP contribution in [0, 0.1) is 12.7 Å². The van der Waals surface area contributed by atoms with Gasteiger partial charge in [-0.05, 0) is 73.9 Å². The number of rotatable bonds is 8. The second kappa shape index (κ2) is 9.21. The van der Waals surface area contributed by atoms with Crippen molar-refractivity contribution in [2.45, 2.75) is 38.9 Å². The van der Waals surface area contributed by atoms with Gasteiger partial charge in [0.15, 0.2) is 11.5 Å². The Morgan fingerprint density at radius 3 is 2.44 bits per heavy atom. The smallest absolute Gasteiger partial charge is 0.254 e. The van der Waals surface area contributed by atoms with Crippen molar-refractivity contribution in [1.82, 2.24) is 9.80 Å². The third kappa shape index (κ3) is 4.90. The number of carbonyl (C=O) groups is 2. The van der Waals surface area contributed by atoms with Crippen LogP contribution < -0.4 is 9.47 Å². The number of nitrogens with zero attached hydrogens (tertiary/aromatic N) is 2. The highest BCUT2D eigenvalue weighted by Gasteiger charge is 2.35. The summed E-state index contributed by atoms with van der Waals surface area (Å²) in [5.74, 6) is 1.86. The van der Waals surface area contributed by atoms with Crippen LogP contribution in [-0.2, 0) is 17.9 Å².